The topological polar surface area (TPSA) is 12.0 Å². The van der Waals surface area contributed by atoms with Crippen molar-refractivity contribution in [3.8, 4) is 0 Å². The minimum atomic E-state index is 0.697. The Morgan fingerprint density at radius 3 is 2.60 bits per heavy atom. The number of hydrogen-bond acceptors (Lipinski definition) is 1. The fourth-order valence-electron chi connectivity index (χ4n) is 4.52. The molecule has 10 heavy (non-hydrogen) atoms. The highest BCUT2D eigenvalue weighted by atomic mass is 15.2. The van der Waals surface area contributed by atoms with E-state index in [2.05, 4.69) is 12.4 Å². The molecule has 4 unspecified atom stereocenters. The Labute approximate surface area is 61.2 Å². The summed E-state index contributed by atoms with van der Waals surface area (Å²) in [4.78, 5) is 0. The van der Waals surface area contributed by atoms with Gasteiger partial charge in [-0.25, -0.2) is 0 Å². The maximum atomic E-state index is 3.59. The molecule has 4 rings (SSSR count). The quantitative estimate of drug-likeness (QED) is 0.565. The van der Waals surface area contributed by atoms with Gasteiger partial charge in [-0.05, 0) is 49.5 Å². The van der Waals surface area contributed by atoms with Crippen molar-refractivity contribution in [1.82, 2.24) is 5.32 Å². The minimum absolute atomic E-state index is 0.697. The molecule has 4 aliphatic carbocycles. The van der Waals surface area contributed by atoms with Crippen molar-refractivity contribution in [3.05, 3.63) is 0 Å². The van der Waals surface area contributed by atoms with Crippen LogP contribution in [0.2, 0.25) is 0 Å². The molecule has 4 fully saturated rings. The number of fused-ring (bicyclic) bond motifs is 3. The summed E-state index contributed by atoms with van der Waals surface area (Å²) in [5.41, 5.74) is 1.60. The van der Waals surface area contributed by atoms with Gasteiger partial charge in [0.25, 0.3) is 0 Å². The lowest BCUT2D eigenvalue weighted by molar-refractivity contribution is -0.0864. The van der Waals surface area contributed by atoms with Crippen LogP contribution in [0.4, 0.5) is 0 Å². The monoisotopic (exact) mass is 135 g/mol. The molecular formula is C9H13N. The fraction of sp³-hybridized carbons (Fsp3) is 1.00. The SMILES string of the molecule is CN[C@]12CCC1C1C3CC312. The maximum absolute atomic E-state index is 3.59. The summed E-state index contributed by atoms with van der Waals surface area (Å²) in [6.45, 7) is 0. The first kappa shape index (κ1) is 4.76. The van der Waals surface area contributed by atoms with E-state index in [0.29, 0.717) is 5.54 Å². The second kappa shape index (κ2) is 0.911. The van der Waals surface area contributed by atoms with Gasteiger partial charge in [0.05, 0.1) is 0 Å². The highest BCUT2D eigenvalue weighted by molar-refractivity contribution is 5.49. The van der Waals surface area contributed by atoms with Gasteiger partial charge in [-0.15, -0.1) is 0 Å². The third-order valence-electron chi connectivity index (χ3n) is 5.17. The molecule has 4 aliphatic rings. The van der Waals surface area contributed by atoms with E-state index in [1.54, 1.807) is 6.42 Å². The summed E-state index contributed by atoms with van der Waals surface area (Å²) < 4.78 is 0. The summed E-state index contributed by atoms with van der Waals surface area (Å²) in [5.74, 6) is 3.54. The summed E-state index contributed by atoms with van der Waals surface area (Å²) in [6.07, 6.45) is 4.60. The lowest BCUT2D eigenvalue weighted by atomic mass is 9.47. The van der Waals surface area contributed by atoms with Gasteiger partial charge in [-0.3, -0.25) is 0 Å². The zero-order valence-electron chi connectivity index (χ0n) is 6.35. The standard InChI is InChI=1S/C9H13N/c1-10-9-3-2-5(9)7-6-4-8(6,7)9/h5-7,10H,2-4H2,1H3/t5?,6?,7?,8?,9-/m1/s1. The highest BCUT2D eigenvalue weighted by Gasteiger charge is 2.98. The molecule has 0 aromatic carbocycles. The van der Waals surface area contributed by atoms with Gasteiger partial charge in [-0.1, -0.05) is 0 Å². The first-order valence-corrected chi connectivity index (χ1v) is 4.56. The van der Waals surface area contributed by atoms with Crippen molar-refractivity contribution >= 4 is 0 Å². The predicted octanol–water partition coefficient (Wildman–Crippen LogP) is 1.00. The summed E-state index contributed by atoms with van der Waals surface area (Å²) in [5, 5.41) is 3.59. The summed E-state index contributed by atoms with van der Waals surface area (Å²) >= 11 is 0. The Kier molecular flexibility index (Phi) is 0.434. The van der Waals surface area contributed by atoms with Crippen molar-refractivity contribution in [1.29, 1.82) is 0 Å². The van der Waals surface area contributed by atoms with E-state index in [4.69, 9.17) is 0 Å². The molecule has 0 aliphatic heterocycles. The van der Waals surface area contributed by atoms with E-state index in [9.17, 15) is 0 Å². The smallest absolute Gasteiger partial charge is 0.0271 e. The molecule has 0 radical (unpaired) electrons. The van der Waals surface area contributed by atoms with E-state index in [1.807, 2.05) is 0 Å². The molecule has 4 saturated carbocycles. The van der Waals surface area contributed by atoms with E-state index >= 15 is 0 Å². The van der Waals surface area contributed by atoms with Crippen molar-refractivity contribution < 1.29 is 0 Å². The Balaban J connectivity index is 1.84. The molecule has 1 spiro atoms. The molecule has 0 saturated heterocycles. The molecule has 54 valence electrons. The van der Waals surface area contributed by atoms with Gasteiger partial charge in [0.2, 0.25) is 0 Å². The van der Waals surface area contributed by atoms with E-state index < -0.39 is 0 Å². The van der Waals surface area contributed by atoms with Crippen LogP contribution in [-0.2, 0) is 0 Å². The van der Waals surface area contributed by atoms with Gasteiger partial charge < -0.3 is 5.32 Å². The Bertz CT molecular complexity index is 233. The van der Waals surface area contributed by atoms with Gasteiger partial charge in [0, 0.05) is 5.54 Å². The Morgan fingerprint density at radius 2 is 2.30 bits per heavy atom. The molecular weight excluding hydrogens is 122 g/mol. The van der Waals surface area contributed by atoms with Gasteiger partial charge in [0.15, 0.2) is 0 Å². The highest BCUT2D eigenvalue weighted by Crippen LogP contribution is 2.99. The van der Waals surface area contributed by atoms with Crippen LogP contribution in [0.3, 0.4) is 0 Å². The van der Waals surface area contributed by atoms with Gasteiger partial charge in [-0.2, -0.15) is 0 Å². The van der Waals surface area contributed by atoms with Crippen LogP contribution in [0.25, 0.3) is 0 Å². The average Bonchev–Trinajstić information content (AvgIpc) is 2.69. The molecule has 5 atom stereocenters. The Hall–Kier alpha value is -0.0400. The van der Waals surface area contributed by atoms with Crippen molar-refractivity contribution in [3.63, 3.8) is 0 Å². The zero-order valence-corrected chi connectivity index (χ0v) is 6.35. The van der Waals surface area contributed by atoms with Crippen LogP contribution in [0.15, 0.2) is 0 Å². The largest absolute Gasteiger partial charge is 0.313 e. The molecule has 0 aromatic heterocycles. The van der Waals surface area contributed by atoms with Gasteiger partial charge >= 0.3 is 0 Å². The van der Waals surface area contributed by atoms with E-state index in [-0.39, 0.29) is 0 Å². The number of rotatable bonds is 1. The van der Waals surface area contributed by atoms with Crippen molar-refractivity contribution in [2.24, 2.45) is 23.2 Å². The van der Waals surface area contributed by atoms with Crippen LogP contribution < -0.4 is 5.32 Å². The zero-order chi connectivity index (χ0) is 6.56. The molecule has 0 amide bonds. The molecule has 1 nitrogen and oxygen atoms in total. The van der Waals surface area contributed by atoms with Crippen molar-refractivity contribution in [2.45, 2.75) is 24.8 Å². The fourth-order valence-corrected chi connectivity index (χ4v) is 4.52. The van der Waals surface area contributed by atoms with Gasteiger partial charge in [0.1, 0.15) is 0 Å². The minimum Gasteiger partial charge on any atom is -0.313 e. The first-order valence-electron chi connectivity index (χ1n) is 4.56. The second-order valence-corrected chi connectivity index (χ2v) is 4.74. The second-order valence-electron chi connectivity index (χ2n) is 4.74. The Morgan fingerprint density at radius 1 is 1.40 bits per heavy atom. The van der Waals surface area contributed by atoms with Crippen LogP contribution in [0.1, 0.15) is 19.3 Å². The molecule has 0 aromatic rings. The van der Waals surface area contributed by atoms with Crippen molar-refractivity contribution in [2.75, 3.05) is 7.05 Å². The van der Waals surface area contributed by atoms with E-state index in [1.165, 1.54) is 24.7 Å². The summed E-state index contributed by atoms with van der Waals surface area (Å²) in [7, 11) is 2.17. The molecule has 0 bridgehead atoms. The number of nitrogens with one attached hydrogen (secondary N) is 1. The van der Waals surface area contributed by atoms with Crippen LogP contribution in [0.5, 0.6) is 0 Å². The van der Waals surface area contributed by atoms with E-state index in [0.717, 1.165) is 11.3 Å². The van der Waals surface area contributed by atoms with Crippen LogP contribution in [0, 0.1) is 23.2 Å². The summed E-state index contributed by atoms with van der Waals surface area (Å²) in [6, 6.07) is 0. The average molecular weight is 135 g/mol. The third kappa shape index (κ3) is 0.191. The predicted molar refractivity (Wildman–Crippen MR) is 38.5 cm³/mol. The first-order chi connectivity index (χ1) is 4.87. The third-order valence-corrected chi connectivity index (χ3v) is 5.17. The van der Waals surface area contributed by atoms with Crippen LogP contribution >= 0.6 is 0 Å². The normalized spacial score (nSPS) is 79.5. The lowest BCUT2D eigenvalue weighted by Crippen LogP contribution is -2.70. The van der Waals surface area contributed by atoms with Crippen LogP contribution in [-0.4, -0.2) is 12.6 Å². The maximum Gasteiger partial charge on any atom is 0.0271 e. The molecule has 1 N–H and O–H groups in total. The molecule has 1 heteroatoms. The molecule has 0 heterocycles. The lowest BCUT2D eigenvalue weighted by Gasteiger charge is -2.63. The number of hydrogen-bond donors (Lipinski definition) is 1.